The third kappa shape index (κ3) is 2.93. The van der Waals surface area contributed by atoms with Gasteiger partial charge in [-0.15, -0.1) is 0 Å². The molecule has 0 amide bonds. The van der Waals surface area contributed by atoms with Gasteiger partial charge < -0.3 is 19.5 Å². The van der Waals surface area contributed by atoms with E-state index < -0.39 is 12.0 Å². The molecule has 0 aromatic heterocycles. The summed E-state index contributed by atoms with van der Waals surface area (Å²) in [7, 11) is 0. The van der Waals surface area contributed by atoms with Crippen LogP contribution < -0.4 is 10.1 Å². The molecule has 0 radical (unpaired) electrons. The predicted octanol–water partition coefficient (Wildman–Crippen LogP) is 0.558. The van der Waals surface area contributed by atoms with E-state index >= 15 is 0 Å². The molecule has 3 aliphatic heterocycles. The molecule has 4 rings (SSSR count). The van der Waals surface area contributed by atoms with Crippen molar-refractivity contribution in [2.24, 2.45) is 0 Å². The van der Waals surface area contributed by atoms with Gasteiger partial charge in [0.2, 0.25) is 5.78 Å². The highest BCUT2D eigenvalue weighted by molar-refractivity contribution is 6.03. The molecule has 2 saturated heterocycles. The van der Waals surface area contributed by atoms with Crippen molar-refractivity contribution in [3.8, 4) is 5.75 Å². The van der Waals surface area contributed by atoms with Crippen molar-refractivity contribution >= 4 is 5.78 Å². The van der Waals surface area contributed by atoms with Crippen LogP contribution in [0.25, 0.3) is 0 Å². The topological polar surface area (TPSA) is 63.3 Å². The minimum absolute atomic E-state index is 0.00118. The summed E-state index contributed by atoms with van der Waals surface area (Å²) in [4.78, 5) is 17.9. The monoisotopic (exact) mass is 361 g/mol. The second-order valence-corrected chi connectivity index (χ2v) is 6.79. The Morgan fingerprint density at radius 3 is 2.58 bits per heavy atom. The molecule has 0 aliphatic carbocycles. The number of fused-ring (bicyclic) bond motifs is 1. The SMILES string of the molecule is CCOC1C(=O)c2ccccc2OC1(N1CCNCC1)N1CCOCC1. The van der Waals surface area contributed by atoms with Gasteiger partial charge in [0.05, 0.1) is 18.8 Å². The molecule has 3 aliphatic rings. The first kappa shape index (κ1) is 17.9. The first-order valence-corrected chi connectivity index (χ1v) is 9.50. The van der Waals surface area contributed by atoms with Gasteiger partial charge in [-0.1, -0.05) is 12.1 Å². The van der Waals surface area contributed by atoms with Crippen LogP contribution >= 0.6 is 0 Å². The van der Waals surface area contributed by atoms with Crippen LogP contribution in [-0.4, -0.2) is 86.6 Å². The van der Waals surface area contributed by atoms with Gasteiger partial charge in [0.25, 0.3) is 5.85 Å². The third-order valence-corrected chi connectivity index (χ3v) is 5.36. The number of ether oxygens (including phenoxy) is 3. The lowest BCUT2D eigenvalue weighted by molar-refractivity contribution is -0.264. The van der Waals surface area contributed by atoms with Gasteiger partial charge in [-0.3, -0.25) is 4.79 Å². The van der Waals surface area contributed by atoms with E-state index in [-0.39, 0.29) is 5.78 Å². The average molecular weight is 361 g/mol. The highest BCUT2D eigenvalue weighted by Crippen LogP contribution is 2.39. The van der Waals surface area contributed by atoms with Gasteiger partial charge in [-0.05, 0) is 19.1 Å². The van der Waals surface area contributed by atoms with Crippen LogP contribution in [0.1, 0.15) is 17.3 Å². The number of hydrogen-bond acceptors (Lipinski definition) is 7. The minimum atomic E-state index is -0.923. The van der Waals surface area contributed by atoms with Crippen molar-refractivity contribution in [1.29, 1.82) is 0 Å². The number of nitrogens with zero attached hydrogens (tertiary/aromatic N) is 2. The maximum atomic E-state index is 13.4. The second kappa shape index (κ2) is 7.62. The smallest absolute Gasteiger partial charge is 0.257 e. The highest BCUT2D eigenvalue weighted by atomic mass is 16.6. The van der Waals surface area contributed by atoms with E-state index in [4.69, 9.17) is 14.2 Å². The number of carbonyl (C=O) groups excluding carboxylic acids is 1. The molecule has 0 saturated carbocycles. The number of piperazine rings is 1. The normalized spacial score (nSPS) is 30.7. The van der Waals surface area contributed by atoms with Gasteiger partial charge in [0, 0.05) is 45.9 Å². The number of morpholine rings is 1. The molecular formula is C19H27N3O4. The van der Waals surface area contributed by atoms with E-state index in [0.29, 0.717) is 44.2 Å². The first-order chi connectivity index (χ1) is 12.8. The number of ketones is 1. The van der Waals surface area contributed by atoms with Gasteiger partial charge >= 0.3 is 0 Å². The second-order valence-electron chi connectivity index (χ2n) is 6.79. The Balaban J connectivity index is 1.81. The van der Waals surface area contributed by atoms with E-state index in [9.17, 15) is 4.79 Å². The van der Waals surface area contributed by atoms with Crippen LogP contribution in [0.5, 0.6) is 5.75 Å². The van der Waals surface area contributed by atoms with E-state index in [1.807, 2.05) is 31.2 Å². The number of para-hydroxylation sites is 1. The standard InChI is InChI=1S/C19H27N3O4/c1-2-25-18-17(23)15-5-3-4-6-16(15)26-19(18,21-9-7-20-8-10-21)22-11-13-24-14-12-22/h3-6,18,20H,2,7-14H2,1H3. The Morgan fingerprint density at radius 2 is 1.85 bits per heavy atom. The molecule has 2 unspecified atom stereocenters. The average Bonchev–Trinajstić information content (AvgIpc) is 2.71. The van der Waals surface area contributed by atoms with Crippen molar-refractivity contribution in [1.82, 2.24) is 15.1 Å². The molecule has 1 aromatic rings. The molecule has 26 heavy (non-hydrogen) atoms. The van der Waals surface area contributed by atoms with Gasteiger partial charge in [-0.25, -0.2) is 9.80 Å². The van der Waals surface area contributed by atoms with Crippen molar-refractivity contribution in [3.05, 3.63) is 29.8 Å². The lowest BCUT2D eigenvalue weighted by Gasteiger charge is -2.56. The molecule has 1 N–H and O–H groups in total. The van der Waals surface area contributed by atoms with E-state index in [0.717, 1.165) is 26.2 Å². The van der Waals surface area contributed by atoms with Crippen LogP contribution in [0, 0.1) is 0 Å². The number of nitrogens with one attached hydrogen (secondary N) is 1. The molecule has 7 heteroatoms. The Bertz CT molecular complexity index is 623. The zero-order chi connectivity index (χ0) is 18.0. The largest absolute Gasteiger partial charge is 0.455 e. The van der Waals surface area contributed by atoms with Gasteiger partial charge in [0.15, 0.2) is 6.10 Å². The zero-order valence-electron chi connectivity index (χ0n) is 15.3. The maximum absolute atomic E-state index is 13.4. The fourth-order valence-electron chi connectivity index (χ4n) is 4.17. The maximum Gasteiger partial charge on any atom is 0.257 e. The molecule has 142 valence electrons. The Hall–Kier alpha value is -1.51. The summed E-state index contributed by atoms with van der Waals surface area (Å²) in [5, 5.41) is 3.38. The van der Waals surface area contributed by atoms with E-state index in [1.165, 1.54) is 0 Å². The number of carbonyl (C=O) groups is 1. The summed E-state index contributed by atoms with van der Waals surface area (Å²) in [6.45, 7) is 8.40. The highest BCUT2D eigenvalue weighted by Gasteiger charge is 2.58. The Kier molecular flexibility index (Phi) is 5.24. The lowest BCUT2D eigenvalue weighted by Crippen LogP contribution is -2.77. The van der Waals surface area contributed by atoms with Crippen molar-refractivity contribution in [2.75, 3.05) is 59.1 Å². The lowest BCUT2D eigenvalue weighted by atomic mass is 9.94. The van der Waals surface area contributed by atoms with Gasteiger partial charge in [0.1, 0.15) is 5.75 Å². The van der Waals surface area contributed by atoms with E-state index in [2.05, 4.69) is 15.1 Å². The molecule has 2 atom stereocenters. The van der Waals surface area contributed by atoms with Gasteiger partial charge in [-0.2, -0.15) is 0 Å². The summed E-state index contributed by atoms with van der Waals surface area (Å²) in [5.41, 5.74) is 0.602. The number of Topliss-reactive ketones (excluding diaryl/α,β-unsaturated/α-hetero) is 1. The van der Waals surface area contributed by atoms with Crippen molar-refractivity contribution < 1.29 is 19.0 Å². The molecule has 0 bridgehead atoms. The number of benzene rings is 1. The molecule has 7 nitrogen and oxygen atoms in total. The van der Waals surface area contributed by atoms with Crippen molar-refractivity contribution in [2.45, 2.75) is 18.9 Å². The van der Waals surface area contributed by atoms with E-state index in [1.54, 1.807) is 0 Å². The summed E-state index contributed by atoms with van der Waals surface area (Å²) >= 11 is 0. The van der Waals surface area contributed by atoms with Crippen LogP contribution in [0.4, 0.5) is 0 Å². The Labute approximate surface area is 154 Å². The van der Waals surface area contributed by atoms with Crippen LogP contribution in [0.2, 0.25) is 0 Å². The van der Waals surface area contributed by atoms with Crippen LogP contribution in [0.15, 0.2) is 24.3 Å². The molecule has 2 fully saturated rings. The third-order valence-electron chi connectivity index (χ3n) is 5.36. The molecule has 3 heterocycles. The molecule has 1 aromatic carbocycles. The first-order valence-electron chi connectivity index (χ1n) is 9.50. The summed E-state index contributed by atoms with van der Waals surface area (Å²) in [6, 6.07) is 7.49. The summed E-state index contributed by atoms with van der Waals surface area (Å²) in [6.07, 6.45) is -0.682. The quantitative estimate of drug-likeness (QED) is 0.841. The van der Waals surface area contributed by atoms with Crippen molar-refractivity contribution in [3.63, 3.8) is 0 Å². The molecular weight excluding hydrogens is 334 g/mol. The van der Waals surface area contributed by atoms with Crippen LogP contribution in [-0.2, 0) is 9.47 Å². The molecule has 0 spiro atoms. The van der Waals surface area contributed by atoms with Crippen LogP contribution in [0.3, 0.4) is 0 Å². The fourth-order valence-corrected chi connectivity index (χ4v) is 4.17. The predicted molar refractivity (Wildman–Crippen MR) is 96.4 cm³/mol. The number of hydrogen-bond donors (Lipinski definition) is 1. The number of rotatable bonds is 4. The fraction of sp³-hybridized carbons (Fsp3) is 0.632. The Morgan fingerprint density at radius 1 is 1.15 bits per heavy atom. The summed E-state index contributed by atoms with van der Waals surface area (Å²) < 4.78 is 18.3. The minimum Gasteiger partial charge on any atom is -0.455 e. The zero-order valence-corrected chi connectivity index (χ0v) is 15.3. The summed E-state index contributed by atoms with van der Waals surface area (Å²) in [5.74, 6) is -0.287.